The molecule has 0 aliphatic heterocycles. The van der Waals surface area contributed by atoms with Gasteiger partial charge < -0.3 is 4.98 Å². The monoisotopic (exact) mass is 337 g/mol. The summed E-state index contributed by atoms with van der Waals surface area (Å²) in [6, 6.07) is 17.8. The van der Waals surface area contributed by atoms with E-state index in [9.17, 15) is 8.42 Å². The summed E-state index contributed by atoms with van der Waals surface area (Å²) in [5.74, 6) is 0. The number of aromatic amines is 1. The van der Waals surface area contributed by atoms with Gasteiger partial charge in [-0.05, 0) is 42.5 Å². The van der Waals surface area contributed by atoms with Crippen LogP contribution in [0.5, 0.6) is 0 Å². The second-order valence-electron chi connectivity index (χ2n) is 5.54. The standard InChI is InChI=1S/C18H15N3O2S/c1-21(24(22,23)14-6-3-2-4-7-14)13-9-10-17-16(12-13)15-8-5-11-19-18(15)20-17/h2-12H,1H3,(H,19,20). The van der Waals surface area contributed by atoms with Gasteiger partial charge in [0.05, 0.1) is 10.6 Å². The normalized spacial score (nSPS) is 11.9. The molecule has 5 nitrogen and oxygen atoms in total. The largest absolute Gasteiger partial charge is 0.339 e. The van der Waals surface area contributed by atoms with Crippen LogP contribution in [0.15, 0.2) is 71.8 Å². The van der Waals surface area contributed by atoms with E-state index in [2.05, 4.69) is 9.97 Å². The van der Waals surface area contributed by atoms with Gasteiger partial charge in [0, 0.05) is 29.5 Å². The SMILES string of the molecule is CN(c1ccc2[nH]c3ncccc3c2c1)S(=O)(=O)c1ccccc1. The average Bonchev–Trinajstić information content (AvgIpc) is 2.99. The van der Waals surface area contributed by atoms with Crippen molar-refractivity contribution in [2.45, 2.75) is 4.90 Å². The smallest absolute Gasteiger partial charge is 0.264 e. The Kier molecular flexibility index (Phi) is 3.28. The molecule has 24 heavy (non-hydrogen) atoms. The van der Waals surface area contributed by atoms with E-state index in [0.717, 1.165) is 21.9 Å². The Labute approximate surface area is 139 Å². The van der Waals surface area contributed by atoms with Crippen LogP contribution in [-0.2, 0) is 10.0 Å². The van der Waals surface area contributed by atoms with Crippen LogP contribution in [0.4, 0.5) is 5.69 Å². The Morgan fingerprint density at radius 3 is 2.54 bits per heavy atom. The van der Waals surface area contributed by atoms with Crippen LogP contribution in [0.25, 0.3) is 21.9 Å². The minimum atomic E-state index is -3.59. The molecule has 0 atom stereocenters. The highest BCUT2D eigenvalue weighted by molar-refractivity contribution is 7.92. The summed E-state index contributed by atoms with van der Waals surface area (Å²) >= 11 is 0. The van der Waals surface area contributed by atoms with Crippen LogP contribution in [0.3, 0.4) is 0 Å². The van der Waals surface area contributed by atoms with Crippen LogP contribution >= 0.6 is 0 Å². The van der Waals surface area contributed by atoms with Crippen molar-refractivity contribution in [1.82, 2.24) is 9.97 Å². The van der Waals surface area contributed by atoms with Crippen LogP contribution in [0.1, 0.15) is 0 Å². The molecule has 0 aliphatic carbocycles. The van der Waals surface area contributed by atoms with Crippen LogP contribution in [0, 0.1) is 0 Å². The van der Waals surface area contributed by atoms with Crippen molar-refractivity contribution in [3.8, 4) is 0 Å². The van der Waals surface area contributed by atoms with Gasteiger partial charge in [0.15, 0.2) is 0 Å². The first-order valence-corrected chi connectivity index (χ1v) is 8.92. The average molecular weight is 337 g/mol. The minimum Gasteiger partial charge on any atom is -0.339 e. The first-order valence-electron chi connectivity index (χ1n) is 7.48. The van der Waals surface area contributed by atoms with E-state index < -0.39 is 10.0 Å². The zero-order valence-electron chi connectivity index (χ0n) is 13.0. The van der Waals surface area contributed by atoms with Crippen molar-refractivity contribution in [2.75, 3.05) is 11.4 Å². The number of nitrogens with zero attached hydrogens (tertiary/aromatic N) is 2. The lowest BCUT2D eigenvalue weighted by Gasteiger charge is -2.19. The number of pyridine rings is 1. The zero-order valence-corrected chi connectivity index (χ0v) is 13.8. The molecule has 0 aliphatic rings. The molecule has 1 N–H and O–H groups in total. The number of hydrogen-bond donors (Lipinski definition) is 1. The number of aromatic nitrogens is 2. The lowest BCUT2D eigenvalue weighted by Crippen LogP contribution is -2.26. The van der Waals surface area contributed by atoms with Gasteiger partial charge in [-0.2, -0.15) is 0 Å². The number of fused-ring (bicyclic) bond motifs is 3. The first kappa shape index (κ1) is 14.7. The van der Waals surface area contributed by atoms with Gasteiger partial charge in [-0.1, -0.05) is 18.2 Å². The number of rotatable bonds is 3. The lowest BCUT2D eigenvalue weighted by atomic mass is 10.2. The summed E-state index contributed by atoms with van der Waals surface area (Å²) < 4.78 is 26.9. The molecule has 0 fully saturated rings. The number of benzene rings is 2. The minimum absolute atomic E-state index is 0.271. The maximum atomic E-state index is 12.8. The first-order chi connectivity index (χ1) is 11.6. The van der Waals surface area contributed by atoms with E-state index in [0.29, 0.717) is 5.69 Å². The molecule has 0 radical (unpaired) electrons. The molecule has 2 aromatic heterocycles. The second-order valence-corrected chi connectivity index (χ2v) is 7.51. The summed E-state index contributed by atoms with van der Waals surface area (Å²) in [4.78, 5) is 7.81. The van der Waals surface area contributed by atoms with E-state index in [1.807, 2.05) is 24.3 Å². The lowest BCUT2D eigenvalue weighted by molar-refractivity contribution is 0.594. The molecular formula is C18H15N3O2S. The molecule has 2 aromatic carbocycles. The highest BCUT2D eigenvalue weighted by atomic mass is 32.2. The third-order valence-electron chi connectivity index (χ3n) is 4.12. The maximum Gasteiger partial charge on any atom is 0.264 e. The van der Waals surface area contributed by atoms with Gasteiger partial charge in [0.2, 0.25) is 0 Å². The van der Waals surface area contributed by atoms with Gasteiger partial charge >= 0.3 is 0 Å². The van der Waals surface area contributed by atoms with Crippen molar-refractivity contribution >= 4 is 37.6 Å². The predicted octanol–water partition coefficient (Wildman–Crippen LogP) is 3.54. The van der Waals surface area contributed by atoms with Crippen molar-refractivity contribution in [1.29, 1.82) is 0 Å². The van der Waals surface area contributed by atoms with Crippen molar-refractivity contribution in [2.24, 2.45) is 0 Å². The van der Waals surface area contributed by atoms with Crippen molar-refractivity contribution < 1.29 is 8.42 Å². The molecule has 0 bridgehead atoms. The summed E-state index contributed by atoms with van der Waals surface area (Å²) in [6.45, 7) is 0. The summed E-state index contributed by atoms with van der Waals surface area (Å²) in [5.41, 5.74) is 2.33. The number of nitrogens with one attached hydrogen (secondary N) is 1. The van der Waals surface area contributed by atoms with Crippen molar-refractivity contribution in [3.05, 3.63) is 66.9 Å². The van der Waals surface area contributed by atoms with Crippen LogP contribution < -0.4 is 4.31 Å². The quantitative estimate of drug-likeness (QED) is 0.622. The Bertz CT molecular complexity index is 1130. The van der Waals surface area contributed by atoms with E-state index in [1.165, 1.54) is 4.31 Å². The topological polar surface area (TPSA) is 66.1 Å². The molecule has 0 saturated heterocycles. The van der Waals surface area contributed by atoms with Gasteiger partial charge in [-0.25, -0.2) is 13.4 Å². The summed E-state index contributed by atoms with van der Waals surface area (Å²) in [5, 5.41) is 1.92. The number of hydrogen-bond acceptors (Lipinski definition) is 3. The number of sulfonamides is 1. The van der Waals surface area contributed by atoms with E-state index in [-0.39, 0.29) is 4.90 Å². The fourth-order valence-electron chi connectivity index (χ4n) is 2.80. The fourth-order valence-corrected chi connectivity index (χ4v) is 4.01. The Morgan fingerprint density at radius 1 is 0.958 bits per heavy atom. The summed E-state index contributed by atoms with van der Waals surface area (Å²) in [6.07, 6.45) is 1.73. The molecule has 6 heteroatoms. The van der Waals surface area contributed by atoms with E-state index in [1.54, 1.807) is 49.6 Å². The van der Waals surface area contributed by atoms with E-state index in [4.69, 9.17) is 0 Å². The number of anilines is 1. The van der Waals surface area contributed by atoms with E-state index >= 15 is 0 Å². The van der Waals surface area contributed by atoms with Gasteiger partial charge in [0.1, 0.15) is 5.65 Å². The van der Waals surface area contributed by atoms with Crippen LogP contribution in [-0.4, -0.2) is 25.4 Å². The summed E-state index contributed by atoms with van der Waals surface area (Å²) in [7, 11) is -2.02. The maximum absolute atomic E-state index is 12.8. The Balaban J connectivity index is 1.85. The van der Waals surface area contributed by atoms with Crippen LogP contribution in [0.2, 0.25) is 0 Å². The van der Waals surface area contributed by atoms with Gasteiger partial charge in [0.25, 0.3) is 10.0 Å². The third kappa shape index (κ3) is 2.23. The molecule has 0 amide bonds. The van der Waals surface area contributed by atoms with Crippen molar-refractivity contribution in [3.63, 3.8) is 0 Å². The Hall–Kier alpha value is -2.86. The molecule has 4 rings (SSSR count). The molecule has 2 heterocycles. The van der Waals surface area contributed by atoms with Gasteiger partial charge in [-0.3, -0.25) is 4.31 Å². The Morgan fingerprint density at radius 2 is 1.75 bits per heavy atom. The van der Waals surface area contributed by atoms with Gasteiger partial charge in [-0.15, -0.1) is 0 Å². The molecule has 0 unspecified atom stereocenters. The second kappa shape index (κ2) is 5.35. The zero-order chi connectivity index (χ0) is 16.7. The highest BCUT2D eigenvalue weighted by Gasteiger charge is 2.21. The molecule has 0 saturated carbocycles. The molecule has 4 aromatic rings. The molecule has 120 valence electrons. The predicted molar refractivity (Wildman–Crippen MR) is 95.6 cm³/mol. The highest BCUT2D eigenvalue weighted by Crippen LogP contribution is 2.29. The molecular weight excluding hydrogens is 322 g/mol. The fraction of sp³-hybridized carbons (Fsp3) is 0.0556. The number of H-pyrrole nitrogens is 1. The third-order valence-corrected chi connectivity index (χ3v) is 5.92. The molecule has 0 spiro atoms.